The molecule has 0 spiro atoms. The Labute approximate surface area is 220 Å². The minimum Gasteiger partial charge on any atom is -0.368 e. The van der Waals surface area contributed by atoms with Crippen molar-refractivity contribution in [3.05, 3.63) is 78.0 Å². The maximum absolute atomic E-state index is 13.9. The van der Waals surface area contributed by atoms with Crippen molar-refractivity contribution in [2.45, 2.75) is 25.7 Å². The van der Waals surface area contributed by atoms with Gasteiger partial charge in [-0.1, -0.05) is 18.2 Å². The molecule has 9 heteroatoms. The van der Waals surface area contributed by atoms with E-state index in [1.54, 1.807) is 12.4 Å². The van der Waals surface area contributed by atoms with Crippen molar-refractivity contribution in [2.24, 2.45) is 0 Å². The molecule has 2 aliphatic rings. The van der Waals surface area contributed by atoms with Crippen LogP contribution >= 0.6 is 0 Å². The van der Waals surface area contributed by atoms with Gasteiger partial charge in [-0.25, -0.2) is 15.0 Å². The molecule has 2 N–H and O–H groups in total. The van der Waals surface area contributed by atoms with E-state index >= 15 is 0 Å². The van der Waals surface area contributed by atoms with E-state index < -0.39 is 0 Å². The van der Waals surface area contributed by atoms with Gasteiger partial charge in [-0.05, 0) is 49.6 Å². The average molecular weight is 505 g/mol. The van der Waals surface area contributed by atoms with Crippen molar-refractivity contribution in [1.82, 2.24) is 29.8 Å². The van der Waals surface area contributed by atoms with Gasteiger partial charge in [0.1, 0.15) is 11.3 Å². The fraction of sp³-hybridized carbons (Fsp3) is 0.276. The van der Waals surface area contributed by atoms with Crippen LogP contribution in [0.3, 0.4) is 0 Å². The maximum Gasteiger partial charge on any atom is 0.256 e. The van der Waals surface area contributed by atoms with Crippen molar-refractivity contribution in [3.63, 3.8) is 0 Å². The first-order chi connectivity index (χ1) is 18.6. The summed E-state index contributed by atoms with van der Waals surface area (Å²) < 4.78 is 0. The zero-order valence-corrected chi connectivity index (χ0v) is 21.2. The van der Waals surface area contributed by atoms with Gasteiger partial charge < -0.3 is 20.1 Å². The first-order valence-corrected chi connectivity index (χ1v) is 13.1. The average Bonchev–Trinajstić information content (AvgIpc) is 3.72. The zero-order valence-electron chi connectivity index (χ0n) is 21.2. The molecule has 190 valence electrons. The summed E-state index contributed by atoms with van der Waals surface area (Å²) in [4.78, 5) is 39.8. The van der Waals surface area contributed by atoms with Crippen LogP contribution in [0.2, 0.25) is 0 Å². The smallest absolute Gasteiger partial charge is 0.256 e. The molecule has 2 aromatic carbocycles. The standard InChI is InChI=1S/C29H28N8O/c1-18-3-2-4-20-17-31-29(35-25(18)20)32-21-15-23(26-24(16-21)33-27(34-26)19-5-6-19)28(38)37-13-11-36(12-14-37)22-7-9-30-10-8-22/h2-4,7-10,15-17,19H,5-6,11-14H2,1H3,(H,33,34)(H,31,32,35). The van der Waals surface area contributed by atoms with Crippen molar-refractivity contribution in [1.29, 1.82) is 0 Å². The Bertz CT molecular complexity index is 1650. The highest BCUT2D eigenvalue weighted by Gasteiger charge is 2.29. The van der Waals surface area contributed by atoms with Gasteiger partial charge in [0, 0.05) is 67.4 Å². The quantitative estimate of drug-likeness (QED) is 0.355. The Morgan fingerprint density at radius 1 is 1.00 bits per heavy atom. The number of carbonyl (C=O) groups excluding carboxylic acids is 1. The normalized spacial score (nSPS) is 15.8. The molecule has 0 bridgehead atoms. The molecule has 2 fully saturated rings. The number of nitrogens with one attached hydrogen (secondary N) is 2. The number of piperazine rings is 1. The summed E-state index contributed by atoms with van der Waals surface area (Å²) >= 11 is 0. The maximum atomic E-state index is 13.9. The van der Waals surface area contributed by atoms with Gasteiger partial charge in [0.05, 0.1) is 16.6 Å². The fourth-order valence-electron chi connectivity index (χ4n) is 5.21. The Hall–Kier alpha value is -4.53. The highest BCUT2D eigenvalue weighted by Crippen LogP contribution is 2.40. The van der Waals surface area contributed by atoms with Crippen molar-refractivity contribution >= 4 is 45.2 Å². The highest BCUT2D eigenvalue weighted by atomic mass is 16.2. The summed E-state index contributed by atoms with van der Waals surface area (Å²) in [6.45, 7) is 4.88. The van der Waals surface area contributed by atoms with Crippen molar-refractivity contribution < 1.29 is 4.79 Å². The van der Waals surface area contributed by atoms with Gasteiger partial charge in [0.25, 0.3) is 5.91 Å². The number of hydrogen-bond donors (Lipinski definition) is 2. The van der Waals surface area contributed by atoms with E-state index in [4.69, 9.17) is 9.97 Å². The largest absolute Gasteiger partial charge is 0.368 e. The molecule has 0 unspecified atom stereocenters. The van der Waals surface area contributed by atoms with Crippen LogP contribution in [0.4, 0.5) is 17.3 Å². The second kappa shape index (κ2) is 9.09. The minimum atomic E-state index is -0.00264. The first-order valence-electron chi connectivity index (χ1n) is 13.1. The van der Waals surface area contributed by atoms with Crippen LogP contribution < -0.4 is 10.2 Å². The summed E-state index contributed by atoms with van der Waals surface area (Å²) in [5.41, 5.74) is 6.08. The summed E-state index contributed by atoms with van der Waals surface area (Å²) in [6.07, 6.45) is 7.70. The predicted octanol–water partition coefficient (Wildman–Crippen LogP) is 4.79. The first kappa shape index (κ1) is 22.7. The lowest BCUT2D eigenvalue weighted by atomic mass is 10.1. The Morgan fingerprint density at radius 3 is 2.61 bits per heavy atom. The van der Waals surface area contributed by atoms with Crippen LogP contribution in [0.25, 0.3) is 21.9 Å². The lowest BCUT2D eigenvalue weighted by Gasteiger charge is -2.36. The molecule has 4 heterocycles. The number of imidazole rings is 1. The summed E-state index contributed by atoms with van der Waals surface area (Å²) in [5, 5.41) is 4.34. The van der Waals surface area contributed by atoms with Gasteiger partial charge in [0.2, 0.25) is 5.95 Å². The summed E-state index contributed by atoms with van der Waals surface area (Å²) in [6, 6.07) is 14.0. The number of aromatic amines is 1. The van der Waals surface area contributed by atoms with Crippen LogP contribution in [0.5, 0.6) is 0 Å². The number of benzene rings is 2. The molecule has 38 heavy (non-hydrogen) atoms. The number of amides is 1. The van der Waals surface area contributed by atoms with Crippen LogP contribution in [-0.2, 0) is 0 Å². The van der Waals surface area contributed by atoms with E-state index in [1.165, 1.54) is 0 Å². The van der Waals surface area contributed by atoms with Gasteiger partial charge >= 0.3 is 0 Å². The number of nitrogens with zero attached hydrogens (tertiary/aromatic N) is 6. The molecule has 1 aliphatic heterocycles. The number of carbonyl (C=O) groups is 1. The third-order valence-corrected chi connectivity index (χ3v) is 7.46. The fourth-order valence-corrected chi connectivity index (χ4v) is 5.21. The molecule has 1 amide bonds. The van der Waals surface area contributed by atoms with Gasteiger partial charge in [-0.15, -0.1) is 0 Å². The number of aryl methyl sites for hydroxylation is 1. The summed E-state index contributed by atoms with van der Waals surface area (Å²) in [7, 11) is 0. The third-order valence-electron chi connectivity index (χ3n) is 7.46. The molecule has 5 aromatic rings. The molecule has 1 aliphatic carbocycles. The van der Waals surface area contributed by atoms with Crippen LogP contribution in [0.15, 0.2) is 61.1 Å². The van der Waals surface area contributed by atoms with Gasteiger partial charge in [-0.2, -0.15) is 0 Å². The number of rotatable bonds is 5. The molecule has 3 aromatic heterocycles. The number of anilines is 3. The number of pyridine rings is 1. The van der Waals surface area contributed by atoms with Gasteiger partial charge in [0.15, 0.2) is 0 Å². The van der Waals surface area contributed by atoms with E-state index in [0.717, 1.165) is 70.6 Å². The second-order valence-electron chi connectivity index (χ2n) is 10.1. The second-order valence-corrected chi connectivity index (χ2v) is 10.1. The van der Waals surface area contributed by atoms with E-state index in [9.17, 15) is 4.79 Å². The molecule has 0 atom stereocenters. The van der Waals surface area contributed by atoms with Gasteiger partial charge in [-0.3, -0.25) is 9.78 Å². The predicted molar refractivity (Wildman–Crippen MR) is 148 cm³/mol. The van der Waals surface area contributed by atoms with E-state index in [2.05, 4.69) is 25.2 Å². The monoisotopic (exact) mass is 504 g/mol. The Kier molecular flexibility index (Phi) is 5.42. The number of aromatic nitrogens is 5. The van der Waals surface area contributed by atoms with Crippen LogP contribution in [-0.4, -0.2) is 61.9 Å². The topological polar surface area (TPSA) is 103 Å². The highest BCUT2D eigenvalue weighted by molar-refractivity contribution is 6.06. The van der Waals surface area contributed by atoms with Crippen LogP contribution in [0.1, 0.15) is 40.5 Å². The van der Waals surface area contributed by atoms with E-state index in [0.29, 0.717) is 30.5 Å². The number of hydrogen-bond acceptors (Lipinski definition) is 7. The summed E-state index contributed by atoms with van der Waals surface area (Å²) in [5.74, 6) is 1.92. The molecule has 1 saturated carbocycles. The zero-order chi connectivity index (χ0) is 25.6. The third kappa shape index (κ3) is 4.19. The molecule has 1 saturated heterocycles. The molecular weight excluding hydrogens is 476 g/mol. The Morgan fingerprint density at radius 2 is 1.82 bits per heavy atom. The SMILES string of the molecule is Cc1cccc2cnc(Nc3cc(C(=O)N4CCN(c5ccncc5)CC4)c4nc(C5CC5)[nH]c4c3)nc12. The van der Waals surface area contributed by atoms with Crippen molar-refractivity contribution in [2.75, 3.05) is 36.4 Å². The molecule has 7 rings (SSSR count). The van der Waals surface area contributed by atoms with Crippen LogP contribution in [0, 0.1) is 6.92 Å². The Balaban J connectivity index is 1.20. The lowest BCUT2D eigenvalue weighted by molar-refractivity contribution is 0.0748. The minimum absolute atomic E-state index is 0.00264. The van der Waals surface area contributed by atoms with Crippen molar-refractivity contribution in [3.8, 4) is 0 Å². The number of para-hydroxylation sites is 1. The lowest BCUT2D eigenvalue weighted by Crippen LogP contribution is -2.48. The molecule has 9 nitrogen and oxygen atoms in total. The van der Waals surface area contributed by atoms with E-state index in [-0.39, 0.29) is 5.91 Å². The number of fused-ring (bicyclic) bond motifs is 2. The molecular formula is C29H28N8O. The molecule has 0 radical (unpaired) electrons. The van der Waals surface area contributed by atoms with E-state index in [1.807, 2.05) is 60.5 Å². The number of H-pyrrole nitrogens is 1.